The van der Waals surface area contributed by atoms with Gasteiger partial charge in [0.1, 0.15) is 5.82 Å². The molecular weight excluding hydrogens is 210 g/mol. The van der Waals surface area contributed by atoms with Gasteiger partial charge in [-0.3, -0.25) is 19.6 Å². The molecular formula is C9H11N5S. The van der Waals surface area contributed by atoms with Crippen molar-refractivity contribution in [1.29, 1.82) is 0 Å². The van der Waals surface area contributed by atoms with E-state index < -0.39 is 0 Å². The molecule has 0 unspecified atom stereocenters. The average molecular weight is 221 g/mol. The Balaban J connectivity index is 2.29. The van der Waals surface area contributed by atoms with Gasteiger partial charge in [-0.15, -0.1) is 0 Å². The van der Waals surface area contributed by atoms with Gasteiger partial charge in [0.15, 0.2) is 4.77 Å². The molecule has 6 heteroatoms. The summed E-state index contributed by atoms with van der Waals surface area (Å²) >= 11 is 5.09. The van der Waals surface area contributed by atoms with Crippen LogP contribution in [0, 0.1) is 18.6 Å². The number of H-pyrrole nitrogens is 1. The summed E-state index contributed by atoms with van der Waals surface area (Å²) in [5.41, 5.74) is 1.78. The summed E-state index contributed by atoms with van der Waals surface area (Å²) in [6.07, 6.45) is 3.50. The van der Waals surface area contributed by atoms with Crippen LogP contribution in [0.15, 0.2) is 12.4 Å². The van der Waals surface area contributed by atoms with E-state index in [1.54, 1.807) is 12.4 Å². The highest BCUT2D eigenvalue weighted by molar-refractivity contribution is 7.71. The average Bonchev–Trinajstić information content (AvgIpc) is 2.53. The zero-order valence-corrected chi connectivity index (χ0v) is 9.38. The quantitative estimate of drug-likeness (QED) is 0.779. The molecule has 15 heavy (non-hydrogen) atoms. The summed E-state index contributed by atoms with van der Waals surface area (Å²) in [6, 6.07) is 0. The van der Waals surface area contributed by atoms with Crippen molar-refractivity contribution >= 4 is 12.2 Å². The van der Waals surface area contributed by atoms with Crippen molar-refractivity contribution in [3.05, 3.63) is 34.4 Å². The SMILES string of the molecule is Cc1cnc(Cn2c(C)n[nH]c2=S)cn1. The van der Waals surface area contributed by atoms with E-state index in [4.69, 9.17) is 12.2 Å². The van der Waals surface area contributed by atoms with E-state index in [9.17, 15) is 0 Å². The lowest BCUT2D eigenvalue weighted by Crippen LogP contribution is -2.04. The first-order chi connectivity index (χ1) is 7.16. The first-order valence-electron chi connectivity index (χ1n) is 4.56. The van der Waals surface area contributed by atoms with Crippen LogP contribution < -0.4 is 0 Å². The molecule has 2 heterocycles. The van der Waals surface area contributed by atoms with Crippen molar-refractivity contribution in [1.82, 2.24) is 24.7 Å². The molecule has 2 rings (SSSR count). The van der Waals surface area contributed by atoms with E-state index in [-0.39, 0.29) is 0 Å². The monoisotopic (exact) mass is 221 g/mol. The standard InChI is InChI=1S/C9H11N5S/c1-6-3-11-8(4-10-6)5-14-7(2)12-13-9(14)15/h3-4H,5H2,1-2H3,(H,13,15). The molecule has 0 aliphatic rings. The minimum atomic E-state index is 0.606. The predicted molar refractivity (Wildman–Crippen MR) is 58.0 cm³/mol. The number of aryl methyl sites for hydroxylation is 2. The first kappa shape index (κ1) is 9.97. The molecule has 1 N–H and O–H groups in total. The molecule has 0 saturated carbocycles. The number of aromatic amines is 1. The lowest BCUT2D eigenvalue weighted by Gasteiger charge is -2.02. The number of aromatic nitrogens is 5. The van der Waals surface area contributed by atoms with Crippen molar-refractivity contribution in [3.63, 3.8) is 0 Å². The molecule has 0 spiro atoms. The topological polar surface area (TPSA) is 59.4 Å². The Labute approximate surface area is 92.2 Å². The van der Waals surface area contributed by atoms with E-state index >= 15 is 0 Å². The number of rotatable bonds is 2. The molecule has 0 atom stereocenters. The summed E-state index contributed by atoms with van der Waals surface area (Å²) in [7, 11) is 0. The van der Waals surface area contributed by atoms with Gasteiger partial charge in [-0.1, -0.05) is 0 Å². The van der Waals surface area contributed by atoms with Crippen molar-refractivity contribution in [2.75, 3.05) is 0 Å². The van der Waals surface area contributed by atoms with Gasteiger partial charge in [0.05, 0.1) is 24.1 Å². The second kappa shape index (κ2) is 3.90. The van der Waals surface area contributed by atoms with E-state index in [1.165, 1.54) is 0 Å². The normalized spacial score (nSPS) is 10.5. The van der Waals surface area contributed by atoms with Gasteiger partial charge < -0.3 is 0 Å². The summed E-state index contributed by atoms with van der Waals surface area (Å²) in [4.78, 5) is 8.44. The van der Waals surface area contributed by atoms with Gasteiger partial charge in [0.2, 0.25) is 0 Å². The zero-order valence-electron chi connectivity index (χ0n) is 8.56. The van der Waals surface area contributed by atoms with Gasteiger partial charge in [-0.2, -0.15) is 5.10 Å². The highest BCUT2D eigenvalue weighted by Crippen LogP contribution is 2.01. The molecule has 0 fully saturated rings. The fraction of sp³-hybridized carbons (Fsp3) is 0.333. The van der Waals surface area contributed by atoms with Gasteiger partial charge in [-0.25, -0.2) is 0 Å². The summed E-state index contributed by atoms with van der Waals surface area (Å²) in [5, 5.41) is 6.76. The lowest BCUT2D eigenvalue weighted by molar-refractivity contribution is 0.726. The number of hydrogen-bond donors (Lipinski definition) is 1. The molecule has 0 aliphatic carbocycles. The molecule has 0 saturated heterocycles. The van der Waals surface area contributed by atoms with Crippen LogP contribution in [0.1, 0.15) is 17.2 Å². The van der Waals surface area contributed by atoms with Crippen LogP contribution in [0.5, 0.6) is 0 Å². The Morgan fingerprint density at radius 3 is 2.67 bits per heavy atom. The fourth-order valence-electron chi connectivity index (χ4n) is 1.25. The maximum atomic E-state index is 5.09. The van der Waals surface area contributed by atoms with Gasteiger partial charge in [0.25, 0.3) is 0 Å². The summed E-state index contributed by atoms with van der Waals surface area (Å²) in [5.74, 6) is 0.849. The van der Waals surface area contributed by atoms with Crippen LogP contribution >= 0.6 is 12.2 Å². The Bertz CT molecular complexity index is 510. The molecule has 0 radical (unpaired) electrons. The van der Waals surface area contributed by atoms with Crippen LogP contribution in [-0.2, 0) is 6.54 Å². The third kappa shape index (κ3) is 2.10. The third-order valence-corrected chi connectivity index (χ3v) is 2.42. The summed E-state index contributed by atoms with van der Waals surface area (Å²) < 4.78 is 2.49. The second-order valence-corrected chi connectivity index (χ2v) is 3.70. The highest BCUT2D eigenvalue weighted by Gasteiger charge is 2.02. The second-order valence-electron chi connectivity index (χ2n) is 3.31. The smallest absolute Gasteiger partial charge is 0.195 e. The van der Waals surface area contributed by atoms with Gasteiger partial charge in [-0.05, 0) is 26.1 Å². The molecule has 0 bridgehead atoms. The Hall–Kier alpha value is -1.56. The van der Waals surface area contributed by atoms with Crippen LogP contribution in [0.2, 0.25) is 0 Å². The van der Waals surface area contributed by atoms with E-state index in [0.29, 0.717) is 11.3 Å². The molecule has 0 aromatic carbocycles. The zero-order chi connectivity index (χ0) is 10.8. The molecule has 2 aromatic rings. The maximum absolute atomic E-state index is 5.09. The van der Waals surface area contributed by atoms with Crippen LogP contribution in [0.4, 0.5) is 0 Å². The molecule has 0 amide bonds. The number of nitrogens with one attached hydrogen (secondary N) is 1. The van der Waals surface area contributed by atoms with Crippen LogP contribution in [-0.4, -0.2) is 24.7 Å². The minimum Gasteiger partial charge on any atom is -0.298 e. The molecule has 78 valence electrons. The van der Waals surface area contributed by atoms with E-state index in [1.807, 2.05) is 18.4 Å². The molecule has 5 nitrogen and oxygen atoms in total. The van der Waals surface area contributed by atoms with E-state index in [2.05, 4.69) is 20.2 Å². The Morgan fingerprint density at radius 2 is 2.13 bits per heavy atom. The highest BCUT2D eigenvalue weighted by atomic mass is 32.1. The largest absolute Gasteiger partial charge is 0.298 e. The fourth-order valence-corrected chi connectivity index (χ4v) is 1.49. The van der Waals surface area contributed by atoms with Crippen LogP contribution in [0.3, 0.4) is 0 Å². The van der Waals surface area contributed by atoms with Crippen molar-refractivity contribution in [2.24, 2.45) is 0 Å². The first-order valence-corrected chi connectivity index (χ1v) is 4.97. The Morgan fingerprint density at radius 1 is 1.33 bits per heavy atom. The minimum absolute atomic E-state index is 0.606. The van der Waals surface area contributed by atoms with Gasteiger partial charge in [0, 0.05) is 6.20 Å². The predicted octanol–water partition coefficient (Wildman–Crippen LogP) is 1.40. The molecule has 2 aromatic heterocycles. The third-order valence-electron chi connectivity index (χ3n) is 2.10. The maximum Gasteiger partial charge on any atom is 0.195 e. The van der Waals surface area contributed by atoms with Crippen LogP contribution in [0.25, 0.3) is 0 Å². The number of hydrogen-bond acceptors (Lipinski definition) is 4. The van der Waals surface area contributed by atoms with Crippen molar-refractivity contribution in [3.8, 4) is 0 Å². The Kier molecular flexibility index (Phi) is 2.59. The van der Waals surface area contributed by atoms with Crippen molar-refractivity contribution in [2.45, 2.75) is 20.4 Å². The van der Waals surface area contributed by atoms with Gasteiger partial charge >= 0.3 is 0 Å². The van der Waals surface area contributed by atoms with E-state index in [0.717, 1.165) is 17.2 Å². The number of nitrogens with zero attached hydrogens (tertiary/aromatic N) is 4. The van der Waals surface area contributed by atoms with Crippen molar-refractivity contribution < 1.29 is 0 Å². The molecule has 0 aliphatic heterocycles. The lowest BCUT2D eigenvalue weighted by atomic mass is 10.4. The summed E-state index contributed by atoms with van der Waals surface area (Å²) in [6.45, 7) is 4.41.